The molecule has 1 aliphatic carbocycles. The van der Waals surface area contributed by atoms with E-state index in [1.807, 2.05) is 0 Å². The number of fused-ring (bicyclic) bond motifs is 1. The predicted molar refractivity (Wildman–Crippen MR) is 64.7 cm³/mol. The molecule has 2 atom stereocenters. The van der Waals surface area contributed by atoms with E-state index >= 15 is 0 Å². The fraction of sp³-hybridized carbons (Fsp3) is 0.500. The molecule has 1 heterocycles. The van der Waals surface area contributed by atoms with Crippen LogP contribution in [0, 0.1) is 5.92 Å². The summed E-state index contributed by atoms with van der Waals surface area (Å²) in [5.74, 6) is -1.23. The van der Waals surface area contributed by atoms with Gasteiger partial charge in [0.25, 0.3) is 0 Å². The molecule has 1 fully saturated rings. The summed E-state index contributed by atoms with van der Waals surface area (Å²) >= 11 is 0. The molecule has 0 aromatic heterocycles. The molecule has 2 unspecified atom stereocenters. The molecule has 0 saturated carbocycles. The SMILES string of the molecule is CC(=O)CC(=O)NC1C=C2NC(=O)NC(=O)C2CC1. The smallest absolute Gasteiger partial charge is 0.325 e. The van der Waals surface area contributed by atoms with Crippen LogP contribution in [0.25, 0.3) is 0 Å². The minimum absolute atomic E-state index is 0.157. The van der Waals surface area contributed by atoms with Gasteiger partial charge in [-0.1, -0.05) is 0 Å². The van der Waals surface area contributed by atoms with E-state index < -0.39 is 6.03 Å². The highest BCUT2D eigenvalue weighted by Crippen LogP contribution is 2.25. The van der Waals surface area contributed by atoms with Crippen LogP contribution in [0.3, 0.4) is 0 Å². The third-order valence-corrected chi connectivity index (χ3v) is 3.09. The molecule has 0 bridgehead atoms. The number of ketones is 1. The zero-order valence-corrected chi connectivity index (χ0v) is 10.5. The molecular weight excluding hydrogens is 250 g/mol. The average Bonchev–Trinajstić information content (AvgIpc) is 2.26. The van der Waals surface area contributed by atoms with Gasteiger partial charge < -0.3 is 10.6 Å². The number of hydrogen-bond donors (Lipinski definition) is 3. The maximum absolute atomic E-state index is 11.6. The lowest BCUT2D eigenvalue weighted by Gasteiger charge is -2.31. The molecule has 0 radical (unpaired) electrons. The van der Waals surface area contributed by atoms with Crippen molar-refractivity contribution in [2.45, 2.75) is 32.2 Å². The molecule has 102 valence electrons. The first kappa shape index (κ1) is 13.3. The average molecular weight is 265 g/mol. The van der Waals surface area contributed by atoms with Crippen LogP contribution < -0.4 is 16.0 Å². The lowest BCUT2D eigenvalue weighted by molar-refractivity contribution is -0.127. The number of hydrogen-bond acceptors (Lipinski definition) is 4. The topological polar surface area (TPSA) is 104 Å². The van der Waals surface area contributed by atoms with Gasteiger partial charge in [-0.3, -0.25) is 19.7 Å². The maximum atomic E-state index is 11.6. The molecule has 2 aliphatic rings. The van der Waals surface area contributed by atoms with Crippen molar-refractivity contribution in [3.63, 3.8) is 0 Å². The molecule has 0 aromatic rings. The Morgan fingerprint density at radius 2 is 2.05 bits per heavy atom. The zero-order chi connectivity index (χ0) is 14.0. The number of nitrogens with one attached hydrogen (secondary N) is 3. The molecule has 3 N–H and O–H groups in total. The van der Waals surface area contributed by atoms with Crippen LogP contribution >= 0.6 is 0 Å². The first-order valence-electron chi connectivity index (χ1n) is 6.08. The molecule has 7 heteroatoms. The van der Waals surface area contributed by atoms with Crippen molar-refractivity contribution in [1.29, 1.82) is 0 Å². The normalized spacial score (nSPS) is 25.6. The standard InChI is InChI=1S/C12H15N3O4/c1-6(16)4-10(17)13-7-2-3-8-9(5-7)14-12(19)15-11(8)18/h5,7-8H,2-4H2,1H3,(H,13,17)(H2,14,15,18,19). The van der Waals surface area contributed by atoms with Crippen molar-refractivity contribution in [2.24, 2.45) is 5.92 Å². The second-order valence-corrected chi connectivity index (χ2v) is 4.75. The van der Waals surface area contributed by atoms with Crippen LogP contribution in [-0.2, 0) is 14.4 Å². The van der Waals surface area contributed by atoms with Gasteiger partial charge in [0, 0.05) is 11.7 Å². The van der Waals surface area contributed by atoms with Gasteiger partial charge in [-0.2, -0.15) is 0 Å². The van der Waals surface area contributed by atoms with E-state index in [4.69, 9.17) is 0 Å². The van der Waals surface area contributed by atoms with Gasteiger partial charge in [-0.05, 0) is 25.8 Å². The summed E-state index contributed by atoms with van der Waals surface area (Å²) in [6.07, 6.45) is 2.66. The van der Waals surface area contributed by atoms with E-state index in [9.17, 15) is 19.2 Å². The molecule has 1 saturated heterocycles. The number of amides is 4. The molecule has 19 heavy (non-hydrogen) atoms. The van der Waals surface area contributed by atoms with Gasteiger partial charge in [0.05, 0.1) is 12.3 Å². The van der Waals surface area contributed by atoms with Crippen LogP contribution in [0.2, 0.25) is 0 Å². The lowest BCUT2D eigenvalue weighted by atomic mass is 9.87. The van der Waals surface area contributed by atoms with Gasteiger partial charge in [0.2, 0.25) is 11.8 Å². The first-order chi connectivity index (χ1) is 8.95. The minimum Gasteiger partial charge on any atom is -0.349 e. The van der Waals surface area contributed by atoms with Gasteiger partial charge in [0.1, 0.15) is 5.78 Å². The fourth-order valence-corrected chi connectivity index (χ4v) is 2.28. The van der Waals surface area contributed by atoms with Gasteiger partial charge in [-0.25, -0.2) is 4.79 Å². The van der Waals surface area contributed by atoms with Crippen LogP contribution in [0.4, 0.5) is 4.79 Å². The lowest BCUT2D eigenvalue weighted by Crippen LogP contribution is -2.53. The quantitative estimate of drug-likeness (QED) is 0.603. The molecular formula is C12H15N3O4. The van der Waals surface area contributed by atoms with Crippen LogP contribution in [0.15, 0.2) is 11.8 Å². The number of urea groups is 1. The van der Waals surface area contributed by atoms with Crippen molar-refractivity contribution < 1.29 is 19.2 Å². The summed E-state index contributed by atoms with van der Waals surface area (Å²) in [4.78, 5) is 45.1. The Hall–Kier alpha value is -2.18. The van der Waals surface area contributed by atoms with Gasteiger partial charge in [0.15, 0.2) is 0 Å². The van der Waals surface area contributed by atoms with Crippen molar-refractivity contribution >= 4 is 23.6 Å². The summed E-state index contributed by atoms with van der Waals surface area (Å²) in [6, 6.07) is -0.812. The third kappa shape index (κ3) is 3.18. The predicted octanol–water partition coefficient (Wildman–Crippen LogP) is -0.416. The second kappa shape index (κ2) is 5.21. The van der Waals surface area contributed by atoms with E-state index in [0.717, 1.165) is 0 Å². The molecule has 1 aliphatic heterocycles. The van der Waals surface area contributed by atoms with Crippen molar-refractivity contribution in [1.82, 2.24) is 16.0 Å². The number of imide groups is 1. The monoisotopic (exact) mass is 265 g/mol. The largest absolute Gasteiger partial charge is 0.349 e. The van der Waals surface area contributed by atoms with E-state index in [0.29, 0.717) is 18.5 Å². The Bertz CT molecular complexity index is 483. The highest BCUT2D eigenvalue weighted by molar-refractivity contribution is 6.01. The number of carbonyl (C=O) groups excluding carboxylic acids is 4. The van der Waals surface area contributed by atoms with E-state index in [2.05, 4.69) is 16.0 Å². The fourth-order valence-electron chi connectivity index (χ4n) is 2.28. The summed E-state index contributed by atoms with van der Waals surface area (Å²) in [5.41, 5.74) is 0.521. The molecule has 2 rings (SSSR count). The van der Waals surface area contributed by atoms with Crippen LogP contribution in [0.5, 0.6) is 0 Å². The Morgan fingerprint density at radius 3 is 2.74 bits per heavy atom. The highest BCUT2D eigenvalue weighted by Gasteiger charge is 2.34. The van der Waals surface area contributed by atoms with Gasteiger partial charge >= 0.3 is 6.03 Å². The second-order valence-electron chi connectivity index (χ2n) is 4.75. The highest BCUT2D eigenvalue weighted by atomic mass is 16.2. The maximum Gasteiger partial charge on any atom is 0.325 e. The summed E-state index contributed by atoms with van der Waals surface area (Å²) in [6.45, 7) is 1.35. The number of rotatable bonds is 3. The molecule has 0 aromatic carbocycles. The minimum atomic E-state index is -0.553. The molecule has 0 spiro atoms. The first-order valence-corrected chi connectivity index (χ1v) is 6.08. The van der Waals surface area contributed by atoms with Crippen LogP contribution in [-0.4, -0.2) is 29.7 Å². The molecule has 4 amide bonds. The van der Waals surface area contributed by atoms with E-state index in [-0.39, 0.29) is 36.0 Å². The summed E-state index contributed by atoms with van der Waals surface area (Å²) in [7, 11) is 0. The summed E-state index contributed by atoms with van der Waals surface area (Å²) < 4.78 is 0. The van der Waals surface area contributed by atoms with E-state index in [1.54, 1.807) is 6.08 Å². The van der Waals surface area contributed by atoms with Crippen LogP contribution in [0.1, 0.15) is 26.2 Å². The third-order valence-electron chi connectivity index (χ3n) is 3.09. The van der Waals surface area contributed by atoms with Crippen molar-refractivity contribution in [2.75, 3.05) is 0 Å². The van der Waals surface area contributed by atoms with E-state index in [1.165, 1.54) is 6.92 Å². The number of carbonyl (C=O) groups is 4. The van der Waals surface area contributed by atoms with Gasteiger partial charge in [-0.15, -0.1) is 0 Å². The van der Waals surface area contributed by atoms with Crippen molar-refractivity contribution in [3.8, 4) is 0 Å². The Labute approximate surface area is 109 Å². The number of Topliss-reactive ketones (excluding diaryl/α,β-unsaturated/α-hetero) is 1. The zero-order valence-electron chi connectivity index (χ0n) is 10.5. The molecule has 7 nitrogen and oxygen atoms in total. The summed E-state index contributed by atoms with van der Waals surface area (Å²) in [5, 5.41) is 7.46. The van der Waals surface area contributed by atoms with Crippen molar-refractivity contribution in [3.05, 3.63) is 11.8 Å². The Balaban J connectivity index is 2.02. The Kier molecular flexibility index (Phi) is 3.64. The Morgan fingerprint density at radius 1 is 1.32 bits per heavy atom.